The van der Waals surface area contributed by atoms with Gasteiger partial charge < -0.3 is 10.1 Å². The number of amides is 1. The van der Waals surface area contributed by atoms with Gasteiger partial charge in [-0.25, -0.2) is 0 Å². The number of benzene rings is 1. The van der Waals surface area contributed by atoms with E-state index < -0.39 is 0 Å². The van der Waals surface area contributed by atoms with Gasteiger partial charge in [0, 0.05) is 12.2 Å². The number of hydrogen-bond acceptors (Lipinski definition) is 4. The summed E-state index contributed by atoms with van der Waals surface area (Å²) in [5, 5.41) is 2.86. The molecule has 0 spiro atoms. The van der Waals surface area contributed by atoms with Gasteiger partial charge in [0.2, 0.25) is 5.91 Å². The molecular weight excluding hydrogens is 268 g/mol. The molecule has 1 amide bonds. The van der Waals surface area contributed by atoms with Crippen molar-refractivity contribution in [3.05, 3.63) is 29.3 Å². The lowest BCUT2D eigenvalue weighted by molar-refractivity contribution is -0.143. The van der Waals surface area contributed by atoms with E-state index in [0.29, 0.717) is 19.6 Å². The Bertz CT molecular complexity index is 500. The van der Waals surface area contributed by atoms with Crippen molar-refractivity contribution in [2.45, 2.75) is 27.2 Å². The van der Waals surface area contributed by atoms with E-state index in [1.807, 2.05) is 32.0 Å². The molecule has 0 saturated heterocycles. The SMILES string of the molecule is CCOC(=O)CCN(C)CC(=O)Nc1ccc(C)c(C)c1. The molecule has 0 aromatic heterocycles. The van der Waals surface area contributed by atoms with Gasteiger partial charge in [-0.15, -0.1) is 0 Å². The second-order valence-corrected chi connectivity index (χ2v) is 5.14. The van der Waals surface area contributed by atoms with Crippen molar-refractivity contribution in [3.8, 4) is 0 Å². The van der Waals surface area contributed by atoms with Crippen molar-refractivity contribution in [3.63, 3.8) is 0 Å². The Labute approximate surface area is 126 Å². The first kappa shape index (κ1) is 17.2. The highest BCUT2D eigenvalue weighted by Gasteiger charge is 2.09. The van der Waals surface area contributed by atoms with Crippen LogP contribution in [0.1, 0.15) is 24.5 Å². The number of likely N-dealkylation sites (N-methyl/N-ethyl adjacent to an activating group) is 1. The van der Waals surface area contributed by atoms with E-state index in [1.54, 1.807) is 18.9 Å². The van der Waals surface area contributed by atoms with Crippen LogP contribution in [0.4, 0.5) is 5.69 Å². The van der Waals surface area contributed by atoms with E-state index in [9.17, 15) is 9.59 Å². The number of carbonyl (C=O) groups is 2. The zero-order valence-electron chi connectivity index (χ0n) is 13.2. The average Bonchev–Trinajstić information content (AvgIpc) is 2.41. The van der Waals surface area contributed by atoms with Crippen molar-refractivity contribution >= 4 is 17.6 Å². The largest absolute Gasteiger partial charge is 0.466 e. The number of ether oxygens (including phenoxy) is 1. The first-order valence-corrected chi connectivity index (χ1v) is 7.13. The maximum absolute atomic E-state index is 11.9. The van der Waals surface area contributed by atoms with Crippen LogP contribution in [0.15, 0.2) is 18.2 Å². The third-order valence-electron chi connectivity index (χ3n) is 3.21. The molecule has 1 rings (SSSR count). The molecule has 0 bridgehead atoms. The Morgan fingerprint density at radius 2 is 1.95 bits per heavy atom. The highest BCUT2D eigenvalue weighted by Crippen LogP contribution is 2.13. The van der Waals surface area contributed by atoms with Gasteiger partial charge in [-0.05, 0) is 51.1 Å². The second kappa shape index (κ2) is 8.42. The summed E-state index contributed by atoms with van der Waals surface area (Å²) in [5.41, 5.74) is 3.13. The Kier molecular flexibility index (Phi) is 6.88. The van der Waals surface area contributed by atoms with Gasteiger partial charge in [0.05, 0.1) is 19.6 Å². The molecule has 5 heteroatoms. The predicted molar refractivity (Wildman–Crippen MR) is 83.3 cm³/mol. The number of rotatable bonds is 7. The summed E-state index contributed by atoms with van der Waals surface area (Å²) >= 11 is 0. The van der Waals surface area contributed by atoms with Gasteiger partial charge in [-0.1, -0.05) is 6.07 Å². The second-order valence-electron chi connectivity index (χ2n) is 5.14. The third-order valence-corrected chi connectivity index (χ3v) is 3.21. The lowest BCUT2D eigenvalue weighted by Gasteiger charge is -2.16. The summed E-state index contributed by atoms with van der Waals surface area (Å²) in [6.45, 7) is 6.94. The Balaban J connectivity index is 2.38. The monoisotopic (exact) mass is 292 g/mol. The molecule has 0 atom stereocenters. The molecule has 0 saturated carbocycles. The quantitative estimate of drug-likeness (QED) is 0.782. The Hall–Kier alpha value is -1.88. The molecule has 116 valence electrons. The summed E-state index contributed by atoms with van der Waals surface area (Å²) in [4.78, 5) is 25.0. The number of carbonyl (C=O) groups excluding carboxylic acids is 2. The van der Waals surface area contributed by atoms with Gasteiger partial charge in [-0.3, -0.25) is 14.5 Å². The molecule has 0 heterocycles. The van der Waals surface area contributed by atoms with E-state index in [1.165, 1.54) is 5.56 Å². The zero-order chi connectivity index (χ0) is 15.8. The van der Waals surface area contributed by atoms with E-state index in [2.05, 4.69) is 5.32 Å². The Morgan fingerprint density at radius 1 is 1.24 bits per heavy atom. The van der Waals surface area contributed by atoms with Crippen molar-refractivity contribution < 1.29 is 14.3 Å². The predicted octanol–water partition coefficient (Wildman–Crippen LogP) is 2.13. The van der Waals surface area contributed by atoms with Crippen LogP contribution in [0.2, 0.25) is 0 Å². The van der Waals surface area contributed by atoms with Crippen LogP contribution in [0.3, 0.4) is 0 Å². The van der Waals surface area contributed by atoms with Crippen LogP contribution >= 0.6 is 0 Å². The number of aryl methyl sites for hydroxylation is 2. The lowest BCUT2D eigenvalue weighted by atomic mass is 10.1. The zero-order valence-corrected chi connectivity index (χ0v) is 13.2. The van der Waals surface area contributed by atoms with Crippen molar-refractivity contribution in [1.82, 2.24) is 4.90 Å². The number of nitrogens with zero attached hydrogens (tertiary/aromatic N) is 1. The molecule has 1 aromatic rings. The first-order valence-electron chi connectivity index (χ1n) is 7.13. The number of nitrogens with one attached hydrogen (secondary N) is 1. The fraction of sp³-hybridized carbons (Fsp3) is 0.500. The maximum Gasteiger partial charge on any atom is 0.307 e. The number of anilines is 1. The van der Waals surface area contributed by atoms with Gasteiger partial charge in [0.25, 0.3) is 0 Å². The molecule has 1 aromatic carbocycles. The Morgan fingerprint density at radius 3 is 2.57 bits per heavy atom. The highest BCUT2D eigenvalue weighted by atomic mass is 16.5. The molecule has 0 radical (unpaired) electrons. The number of esters is 1. The fourth-order valence-electron chi connectivity index (χ4n) is 1.86. The minimum absolute atomic E-state index is 0.0930. The molecule has 5 nitrogen and oxygen atoms in total. The highest BCUT2D eigenvalue weighted by molar-refractivity contribution is 5.92. The molecule has 0 unspecified atom stereocenters. The van der Waals surface area contributed by atoms with Crippen LogP contribution in [0.5, 0.6) is 0 Å². The maximum atomic E-state index is 11.9. The molecule has 0 aliphatic rings. The molecule has 21 heavy (non-hydrogen) atoms. The van der Waals surface area contributed by atoms with Gasteiger partial charge in [-0.2, -0.15) is 0 Å². The van der Waals surface area contributed by atoms with Crippen molar-refractivity contribution in [1.29, 1.82) is 0 Å². The van der Waals surface area contributed by atoms with E-state index in [0.717, 1.165) is 11.3 Å². The van der Waals surface area contributed by atoms with Gasteiger partial charge in [0.15, 0.2) is 0 Å². The summed E-state index contributed by atoms with van der Waals surface area (Å²) in [7, 11) is 1.80. The first-order chi connectivity index (χ1) is 9.92. The van der Waals surface area contributed by atoms with Crippen molar-refractivity contribution in [2.75, 3.05) is 32.1 Å². The summed E-state index contributed by atoms with van der Waals surface area (Å²) in [6.07, 6.45) is 0.293. The molecule has 0 aliphatic heterocycles. The van der Waals surface area contributed by atoms with Crippen LogP contribution in [-0.4, -0.2) is 43.5 Å². The number of hydrogen-bond donors (Lipinski definition) is 1. The van der Waals surface area contributed by atoms with Gasteiger partial charge >= 0.3 is 5.97 Å². The third kappa shape index (κ3) is 6.40. The van der Waals surface area contributed by atoms with E-state index >= 15 is 0 Å². The average molecular weight is 292 g/mol. The van der Waals surface area contributed by atoms with Crippen LogP contribution in [0, 0.1) is 13.8 Å². The topological polar surface area (TPSA) is 58.6 Å². The van der Waals surface area contributed by atoms with Crippen molar-refractivity contribution in [2.24, 2.45) is 0 Å². The van der Waals surface area contributed by atoms with Crippen LogP contribution in [-0.2, 0) is 14.3 Å². The minimum Gasteiger partial charge on any atom is -0.466 e. The van der Waals surface area contributed by atoms with E-state index in [-0.39, 0.29) is 18.4 Å². The normalized spacial score (nSPS) is 10.5. The lowest BCUT2D eigenvalue weighted by Crippen LogP contribution is -2.32. The summed E-state index contributed by atoms with van der Waals surface area (Å²) in [5.74, 6) is -0.330. The van der Waals surface area contributed by atoms with E-state index in [4.69, 9.17) is 4.74 Å². The summed E-state index contributed by atoms with van der Waals surface area (Å²) in [6, 6.07) is 5.82. The fourth-order valence-corrected chi connectivity index (χ4v) is 1.86. The minimum atomic E-state index is -0.237. The molecule has 0 fully saturated rings. The van der Waals surface area contributed by atoms with Crippen LogP contribution < -0.4 is 5.32 Å². The smallest absolute Gasteiger partial charge is 0.307 e. The molecule has 1 N–H and O–H groups in total. The molecular formula is C16H24N2O3. The summed E-state index contributed by atoms with van der Waals surface area (Å²) < 4.78 is 4.85. The standard InChI is InChI=1S/C16H24N2O3/c1-5-21-16(20)8-9-18(4)11-15(19)17-14-7-6-12(2)13(3)10-14/h6-7,10H,5,8-9,11H2,1-4H3,(H,17,19). The van der Waals surface area contributed by atoms with Gasteiger partial charge in [0.1, 0.15) is 0 Å². The molecule has 0 aliphatic carbocycles. The van der Waals surface area contributed by atoms with Crippen LogP contribution in [0.25, 0.3) is 0 Å².